The van der Waals surface area contributed by atoms with Gasteiger partial charge in [-0.25, -0.2) is 0 Å². The van der Waals surface area contributed by atoms with Crippen LogP contribution in [0.15, 0.2) is 151 Å². The quantitative estimate of drug-likeness (QED) is 0.224. The maximum atomic E-state index is 4.82. The normalized spacial score (nSPS) is 17.4. The predicted octanol–water partition coefficient (Wildman–Crippen LogP) is 11.3. The Labute approximate surface area is 259 Å². The molecule has 1 N–H and O–H groups in total. The van der Waals surface area contributed by atoms with Gasteiger partial charge in [0.1, 0.15) is 0 Å². The number of nitrogens with one attached hydrogen (secondary N) is 1. The van der Waals surface area contributed by atoms with E-state index in [0.29, 0.717) is 0 Å². The van der Waals surface area contributed by atoms with Gasteiger partial charge in [-0.05, 0) is 99.3 Å². The highest BCUT2D eigenvalue weighted by Gasteiger charge is 2.47. The SMILES string of the molecule is C=C1c2ccccc2SCC2(C(/C=C\C)=C(CC)c3ccccc32)c2cccc(-c3ccc(Nc4ccccc4)cc3)c21. The van der Waals surface area contributed by atoms with Gasteiger partial charge in [-0.15, -0.1) is 11.8 Å². The summed E-state index contributed by atoms with van der Waals surface area (Å²) in [4.78, 5) is 1.29. The molecular formula is C41H35NS. The zero-order valence-corrected chi connectivity index (χ0v) is 25.5. The molecule has 0 amide bonds. The minimum atomic E-state index is -0.296. The van der Waals surface area contributed by atoms with Gasteiger partial charge in [-0.3, -0.25) is 0 Å². The summed E-state index contributed by atoms with van der Waals surface area (Å²) in [5.74, 6) is 0.924. The lowest BCUT2D eigenvalue weighted by atomic mass is 9.68. The van der Waals surface area contributed by atoms with E-state index in [1.165, 1.54) is 55.0 Å². The topological polar surface area (TPSA) is 12.0 Å². The smallest absolute Gasteiger partial charge is 0.0560 e. The molecule has 0 saturated carbocycles. The third kappa shape index (κ3) is 4.49. The number of rotatable bonds is 5. The minimum absolute atomic E-state index is 0.296. The average Bonchev–Trinajstić information content (AvgIpc) is 3.33. The second-order valence-corrected chi connectivity index (χ2v) is 12.3. The van der Waals surface area contributed by atoms with Gasteiger partial charge in [0.05, 0.1) is 5.41 Å². The van der Waals surface area contributed by atoms with Crippen molar-refractivity contribution in [3.63, 3.8) is 0 Å². The highest BCUT2D eigenvalue weighted by atomic mass is 32.2. The molecule has 2 heteroatoms. The number of hydrogen-bond acceptors (Lipinski definition) is 2. The largest absolute Gasteiger partial charge is 0.356 e. The number of thioether (sulfide) groups is 1. The van der Waals surface area contributed by atoms with Crippen molar-refractivity contribution < 1.29 is 0 Å². The fourth-order valence-electron chi connectivity index (χ4n) is 7.04. The number of benzene rings is 5. The average molecular weight is 574 g/mol. The van der Waals surface area contributed by atoms with Crippen LogP contribution in [-0.4, -0.2) is 5.75 Å². The van der Waals surface area contributed by atoms with Gasteiger partial charge in [0.15, 0.2) is 0 Å². The van der Waals surface area contributed by atoms with Crippen molar-refractivity contribution in [2.45, 2.75) is 30.6 Å². The third-order valence-corrected chi connectivity index (χ3v) is 10.2. The van der Waals surface area contributed by atoms with E-state index in [9.17, 15) is 0 Å². The molecule has 1 nitrogen and oxygen atoms in total. The molecule has 5 aromatic rings. The molecule has 0 aromatic heterocycles. The first kappa shape index (κ1) is 27.3. The molecule has 5 aromatic carbocycles. The van der Waals surface area contributed by atoms with Gasteiger partial charge in [-0.1, -0.05) is 117 Å². The van der Waals surface area contributed by atoms with E-state index in [1.807, 2.05) is 17.8 Å². The molecule has 0 fully saturated rings. The molecule has 1 aliphatic carbocycles. The zero-order valence-electron chi connectivity index (χ0n) is 24.7. The summed E-state index contributed by atoms with van der Waals surface area (Å²) in [6.45, 7) is 9.25. The highest BCUT2D eigenvalue weighted by Crippen LogP contribution is 2.58. The number of para-hydroxylation sites is 1. The Hall–Kier alpha value is -4.53. The lowest BCUT2D eigenvalue weighted by molar-refractivity contribution is 0.716. The summed E-state index contributed by atoms with van der Waals surface area (Å²) in [7, 11) is 0. The highest BCUT2D eigenvalue weighted by molar-refractivity contribution is 7.99. The van der Waals surface area contributed by atoms with E-state index < -0.39 is 0 Å². The van der Waals surface area contributed by atoms with Crippen molar-refractivity contribution in [1.29, 1.82) is 0 Å². The van der Waals surface area contributed by atoms with Crippen LogP contribution in [0.5, 0.6) is 0 Å². The summed E-state index contributed by atoms with van der Waals surface area (Å²) in [6.07, 6.45) is 5.58. The lowest BCUT2D eigenvalue weighted by Gasteiger charge is -2.38. The Kier molecular flexibility index (Phi) is 7.16. The van der Waals surface area contributed by atoms with Crippen molar-refractivity contribution >= 4 is 34.3 Å². The van der Waals surface area contributed by atoms with Gasteiger partial charge in [0.2, 0.25) is 0 Å². The van der Waals surface area contributed by atoms with E-state index in [4.69, 9.17) is 6.58 Å². The molecular weight excluding hydrogens is 539 g/mol. The van der Waals surface area contributed by atoms with Crippen LogP contribution in [0.3, 0.4) is 0 Å². The maximum Gasteiger partial charge on any atom is 0.0560 e. The first-order chi connectivity index (χ1) is 21.2. The first-order valence-corrected chi connectivity index (χ1v) is 16.1. The van der Waals surface area contributed by atoms with Crippen LogP contribution in [0.25, 0.3) is 22.3 Å². The van der Waals surface area contributed by atoms with Crippen molar-refractivity contribution in [1.82, 2.24) is 0 Å². The minimum Gasteiger partial charge on any atom is -0.356 e. The lowest BCUT2D eigenvalue weighted by Crippen LogP contribution is -2.33. The number of anilines is 2. The Morgan fingerprint density at radius 2 is 1.37 bits per heavy atom. The Morgan fingerprint density at radius 3 is 2.14 bits per heavy atom. The number of allylic oxidation sites excluding steroid dienone is 4. The Morgan fingerprint density at radius 1 is 0.721 bits per heavy atom. The van der Waals surface area contributed by atoms with Gasteiger partial charge in [0.25, 0.3) is 0 Å². The third-order valence-electron chi connectivity index (χ3n) is 8.92. The standard InChI is InChI=1S/C41H35NS/c1-4-14-36-32(5-2)35-18-9-11-20-37(35)41(36)27-43-39-22-12-10-17-33(39)28(3)40-34(19-13-21-38(40)41)29-23-25-31(26-24-29)42-30-15-7-6-8-16-30/h4,6-26,42H,3,5,27H2,1-2H3/b14-4-. The van der Waals surface area contributed by atoms with Gasteiger partial charge in [-0.2, -0.15) is 0 Å². The summed E-state index contributed by atoms with van der Waals surface area (Å²) >= 11 is 1.96. The molecule has 0 saturated heterocycles. The van der Waals surface area contributed by atoms with Gasteiger partial charge < -0.3 is 5.32 Å². The molecule has 0 radical (unpaired) electrons. The maximum absolute atomic E-state index is 4.82. The molecule has 1 heterocycles. The van der Waals surface area contributed by atoms with Gasteiger partial charge in [0, 0.05) is 22.0 Å². The van der Waals surface area contributed by atoms with Crippen LogP contribution in [0, 0.1) is 0 Å². The fourth-order valence-corrected chi connectivity index (χ4v) is 8.40. The monoisotopic (exact) mass is 573 g/mol. The van der Waals surface area contributed by atoms with Crippen LogP contribution >= 0.6 is 11.8 Å². The zero-order chi connectivity index (χ0) is 29.4. The predicted molar refractivity (Wildman–Crippen MR) is 186 cm³/mol. The first-order valence-electron chi connectivity index (χ1n) is 15.1. The summed E-state index contributed by atoms with van der Waals surface area (Å²) in [6, 6.07) is 43.9. The molecule has 2 aliphatic rings. The van der Waals surface area contributed by atoms with Crippen LogP contribution in [0.4, 0.5) is 11.4 Å². The van der Waals surface area contributed by atoms with Crippen LogP contribution < -0.4 is 5.32 Å². The summed E-state index contributed by atoms with van der Waals surface area (Å²) < 4.78 is 0. The molecule has 7 rings (SSSR count). The van der Waals surface area contributed by atoms with E-state index in [2.05, 4.69) is 147 Å². The summed E-state index contributed by atoms with van der Waals surface area (Å²) in [5.41, 5.74) is 14.8. The van der Waals surface area contributed by atoms with E-state index in [-0.39, 0.29) is 5.41 Å². The van der Waals surface area contributed by atoms with E-state index in [0.717, 1.165) is 29.1 Å². The van der Waals surface area contributed by atoms with Crippen molar-refractivity contribution in [2.75, 3.05) is 11.1 Å². The van der Waals surface area contributed by atoms with Crippen molar-refractivity contribution in [3.8, 4) is 11.1 Å². The summed E-state index contributed by atoms with van der Waals surface area (Å²) in [5, 5.41) is 3.53. The van der Waals surface area contributed by atoms with E-state index >= 15 is 0 Å². The second-order valence-electron chi connectivity index (χ2n) is 11.3. The van der Waals surface area contributed by atoms with Crippen molar-refractivity contribution in [2.24, 2.45) is 0 Å². The molecule has 43 heavy (non-hydrogen) atoms. The molecule has 1 aliphatic heterocycles. The molecule has 1 unspecified atom stereocenters. The molecule has 1 spiro atoms. The van der Waals surface area contributed by atoms with Crippen LogP contribution in [-0.2, 0) is 5.41 Å². The molecule has 210 valence electrons. The second kappa shape index (κ2) is 11.3. The van der Waals surface area contributed by atoms with E-state index in [1.54, 1.807) is 0 Å². The Bertz CT molecular complexity index is 1890. The molecule has 0 bridgehead atoms. The fraction of sp³-hybridized carbons (Fsp3) is 0.122. The molecule has 1 atom stereocenters. The van der Waals surface area contributed by atoms with Crippen LogP contribution in [0.2, 0.25) is 0 Å². The van der Waals surface area contributed by atoms with Crippen molar-refractivity contribution in [3.05, 3.63) is 173 Å². The number of hydrogen-bond donors (Lipinski definition) is 1. The Balaban J connectivity index is 1.48. The number of fused-ring (bicyclic) bond motifs is 5. The van der Waals surface area contributed by atoms with Crippen LogP contribution in [0.1, 0.15) is 48.1 Å². The van der Waals surface area contributed by atoms with Gasteiger partial charge >= 0.3 is 0 Å².